The van der Waals surface area contributed by atoms with Gasteiger partial charge in [-0.2, -0.15) is 9.29 Å². The Labute approximate surface area is 183 Å². The molecule has 29 heavy (non-hydrogen) atoms. The van der Waals surface area contributed by atoms with Crippen LogP contribution in [0.25, 0.3) is 0 Å². The highest BCUT2D eigenvalue weighted by molar-refractivity contribution is 9.10. The Morgan fingerprint density at radius 1 is 1.10 bits per heavy atom. The highest BCUT2D eigenvalue weighted by Gasteiger charge is 2.33. The maximum absolute atomic E-state index is 12.9. The molecule has 6 nitrogen and oxygen atoms in total. The van der Waals surface area contributed by atoms with Crippen LogP contribution in [0.2, 0.25) is 5.02 Å². The van der Waals surface area contributed by atoms with Gasteiger partial charge >= 0.3 is 0 Å². The average molecular weight is 497 g/mol. The van der Waals surface area contributed by atoms with Crippen LogP contribution in [-0.4, -0.2) is 36.0 Å². The fourth-order valence-corrected chi connectivity index (χ4v) is 5.84. The highest BCUT2D eigenvalue weighted by Crippen LogP contribution is 2.32. The number of benzene rings is 2. The van der Waals surface area contributed by atoms with Crippen molar-refractivity contribution in [1.82, 2.24) is 14.4 Å². The first-order valence-electron chi connectivity index (χ1n) is 9.25. The minimum atomic E-state index is -3.61. The molecule has 1 saturated heterocycles. The van der Waals surface area contributed by atoms with Crippen molar-refractivity contribution in [3.05, 3.63) is 75.3 Å². The molecule has 9 heteroatoms. The summed E-state index contributed by atoms with van der Waals surface area (Å²) in [6.07, 6.45) is 1.82. The quantitative estimate of drug-likeness (QED) is 0.514. The zero-order chi connectivity index (χ0) is 20.4. The second-order valence-corrected chi connectivity index (χ2v) is 10.1. The van der Waals surface area contributed by atoms with Crippen LogP contribution < -0.4 is 0 Å². The van der Waals surface area contributed by atoms with E-state index in [2.05, 4.69) is 26.1 Å². The van der Waals surface area contributed by atoms with Gasteiger partial charge in [-0.1, -0.05) is 63.0 Å². The first-order valence-corrected chi connectivity index (χ1v) is 11.9. The van der Waals surface area contributed by atoms with Crippen molar-refractivity contribution < 1.29 is 12.9 Å². The molecular weight excluding hydrogens is 478 g/mol. The number of aromatic nitrogens is 2. The molecule has 1 fully saturated rings. The number of sulfonamides is 1. The normalized spacial score (nSPS) is 16.2. The van der Waals surface area contributed by atoms with E-state index in [-0.39, 0.29) is 15.8 Å². The predicted molar refractivity (Wildman–Crippen MR) is 113 cm³/mol. The van der Waals surface area contributed by atoms with E-state index in [1.807, 2.05) is 24.3 Å². The van der Waals surface area contributed by atoms with Crippen molar-refractivity contribution in [3.8, 4) is 0 Å². The molecule has 0 saturated carbocycles. The Balaban J connectivity index is 1.42. The molecule has 3 aromatic rings. The number of hydrogen-bond acceptors (Lipinski definition) is 5. The van der Waals surface area contributed by atoms with Gasteiger partial charge in [0.25, 0.3) is 0 Å². The molecule has 0 radical (unpaired) electrons. The van der Waals surface area contributed by atoms with E-state index in [1.165, 1.54) is 10.4 Å². The standard InChI is InChI=1S/C20H19BrClN3O3S/c21-16-6-2-1-5-15(16)13-19-23-20(28-24-19)14-9-11-25(12-10-14)29(26,27)18-8-4-3-7-17(18)22/h1-8,14H,9-13H2. The van der Waals surface area contributed by atoms with E-state index >= 15 is 0 Å². The van der Waals surface area contributed by atoms with Crippen LogP contribution in [0.3, 0.4) is 0 Å². The number of piperidine rings is 1. The third-order valence-electron chi connectivity index (χ3n) is 5.05. The van der Waals surface area contributed by atoms with Gasteiger partial charge in [0.05, 0.1) is 5.02 Å². The summed E-state index contributed by atoms with van der Waals surface area (Å²) in [4.78, 5) is 4.69. The Kier molecular flexibility index (Phi) is 6.06. The van der Waals surface area contributed by atoms with Gasteiger partial charge in [-0.05, 0) is 36.6 Å². The van der Waals surface area contributed by atoms with Crippen molar-refractivity contribution in [2.75, 3.05) is 13.1 Å². The van der Waals surface area contributed by atoms with Gasteiger partial charge in [-0.3, -0.25) is 0 Å². The van der Waals surface area contributed by atoms with Crippen LogP contribution in [0, 0.1) is 0 Å². The van der Waals surface area contributed by atoms with Gasteiger partial charge in [0.1, 0.15) is 4.90 Å². The van der Waals surface area contributed by atoms with Gasteiger partial charge < -0.3 is 4.52 Å². The number of hydrogen-bond donors (Lipinski definition) is 0. The van der Waals surface area contributed by atoms with Gasteiger partial charge in [0, 0.05) is 29.9 Å². The van der Waals surface area contributed by atoms with Crippen molar-refractivity contribution >= 4 is 37.6 Å². The van der Waals surface area contributed by atoms with Crippen LogP contribution in [0.5, 0.6) is 0 Å². The molecule has 0 unspecified atom stereocenters. The van der Waals surface area contributed by atoms with Gasteiger partial charge in [0.15, 0.2) is 5.82 Å². The lowest BCUT2D eigenvalue weighted by Crippen LogP contribution is -2.38. The predicted octanol–water partition coefficient (Wildman–Crippen LogP) is 4.64. The molecule has 2 aromatic carbocycles. The Morgan fingerprint density at radius 2 is 1.79 bits per heavy atom. The topological polar surface area (TPSA) is 76.3 Å². The van der Waals surface area contributed by atoms with Crippen molar-refractivity contribution in [3.63, 3.8) is 0 Å². The smallest absolute Gasteiger partial charge is 0.244 e. The van der Waals surface area contributed by atoms with Crippen LogP contribution in [0.15, 0.2) is 62.4 Å². The third kappa shape index (κ3) is 4.40. The lowest BCUT2D eigenvalue weighted by atomic mass is 9.98. The molecule has 0 amide bonds. The van der Waals surface area contributed by atoms with Crippen LogP contribution >= 0.6 is 27.5 Å². The van der Waals surface area contributed by atoms with Gasteiger partial charge in [-0.15, -0.1) is 0 Å². The van der Waals surface area contributed by atoms with Crippen LogP contribution in [0.4, 0.5) is 0 Å². The van der Waals surface area contributed by atoms with Crippen LogP contribution in [0.1, 0.15) is 36.0 Å². The molecule has 4 rings (SSSR count). The lowest BCUT2D eigenvalue weighted by molar-refractivity contribution is 0.270. The highest BCUT2D eigenvalue weighted by atomic mass is 79.9. The summed E-state index contributed by atoms with van der Waals surface area (Å²) >= 11 is 9.62. The fraction of sp³-hybridized carbons (Fsp3) is 0.300. The summed E-state index contributed by atoms with van der Waals surface area (Å²) in [5, 5.41) is 4.34. The fourth-order valence-electron chi connectivity index (χ4n) is 3.45. The molecule has 152 valence electrons. The van der Waals surface area contributed by atoms with Crippen molar-refractivity contribution in [1.29, 1.82) is 0 Å². The Bertz CT molecular complexity index is 1110. The second-order valence-electron chi connectivity index (χ2n) is 6.93. The first kappa shape index (κ1) is 20.5. The van der Waals surface area contributed by atoms with Crippen molar-refractivity contribution in [2.45, 2.75) is 30.1 Å². The number of nitrogens with zero attached hydrogens (tertiary/aromatic N) is 3. The molecule has 1 aromatic heterocycles. The molecular formula is C20H19BrClN3O3S. The SMILES string of the molecule is O=S(=O)(c1ccccc1Cl)N1CCC(c2nc(Cc3ccccc3Br)no2)CC1. The molecule has 0 atom stereocenters. The molecule has 0 spiro atoms. The van der Waals surface area contributed by atoms with E-state index in [4.69, 9.17) is 16.1 Å². The molecule has 0 bridgehead atoms. The van der Waals surface area contributed by atoms with Crippen LogP contribution in [-0.2, 0) is 16.4 Å². The Hall–Kier alpha value is -1.74. The second kappa shape index (κ2) is 8.55. The summed E-state index contributed by atoms with van der Waals surface area (Å²) in [6.45, 7) is 0.778. The first-order chi connectivity index (χ1) is 13.9. The largest absolute Gasteiger partial charge is 0.339 e. The lowest BCUT2D eigenvalue weighted by Gasteiger charge is -2.29. The van der Waals surface area contributed by atoms with Gasteiger partial charge in [-0.25, -0.2) is 8.42 Å². The molecule has 2 heterocycles. The zero-order valence-electron chi connectivity index (χ0n) is 15.5. The summed E-state index contributed by atoms with van der Waals surface area (Å²) in [5.41, 5.74) is 1.08. The summed E-state index contributed by atoms with van der Waals surface area (Å²) < 4.78 is 33.7. The van der Waals surface area contributed by atoms with E-state index in [0.717, 1.165) is 10.0 Å². The minimum Gasteiger partial charge on any atom is -0.339 e. The number of rotatable bonds is 5. The maximum atomic E-state index is 12.9. The molecule has 0 aliphatic carbocycles. The third-order valence-corrected chi connectivity index (χ3v) is 8.22. The van der Waals surface area contributed by atoms with Crippen molar-refractivity contribution in [2.24, 2.45) is 0 Å². The van der Waals surface area contributed by atoms with E-state index in [1.54, 1.807) is 18.2 Å². The molecule has 1 aliphatic rings. The molecule has 1 aliphatic heterocycles. The average Bonchev–Trinajstić information content (AvgIpc) is 3.19. The Morgan fingerprint density at radius 3 is 2.52 bits per heavy atom. The van der Waals surface area contributed by atoms with E-state index < -0.39 is 10.0 Å². The summed E-state index contributed by atoms with van der Waals surface area (Å²) in [5.74, 6) is 1.24. The maximum Gasteiger partial charge on any atom is 0.244 e. The molecule has 0 N–H and O–H groups in total. The van der Waals surface area contributed by atoms with E-state index in [9.17, 15) is 8.42 Å². The zero-order valence-corrected chi connectivity index (χ0v) is 18.6. The number of halogens is 2. The monoisotopic (exact) mass is 495 g/mol. The minimum absolute atomic E-state index is 0.0492. The summed E-state index contributed by atoms with van der Waals surface area (Å²) in [6, 6.07) is 14.4. The summed E-state index contributed by atoms with van der Waals surface area (Å²) in [7, 11) is -3.61. The van der Waals surface area contributed by atoms with E-state index in [0.29, 0.717) is 44.1 Å². The van der Waals surface area contributed by atoms with Gasteiger partial charge in [0.2, 0.25) is 15.9 Å².